The largest absolute Gasteiger partial charge is 0.295 e. The minimum atomic E-state index is -0.583. The lowest BCUT2D eigenvalue weighted by atomic mass is 10.1. The molecular weight excluding hydrogens is 302 g/mol. The van der Waals surface area contributed by atoms with E-state index in [1.54, 1.807) is 20.0 Å². The number of aryl methyl sites for hydroxylation is 3. The minimum Gasteiger partial charge on any atom is -0.295 e. The minimum absolute atomic E-state index is 0.159. The highest BCUT2D eigenvalue weighted by molar-refractivity contribution is 7.15. The number of fused-ring (bicyclic) bond motifs is 1. The number of hydrogen-bond acceptors (Lipinski definition) is 6. The maximum absolute atomic E-state index is 12.5. The lowest BCUT2D eigenvalue weighted by molar-refractivity contribution is 0.101. The topological polar surface area (TPSA) is 89.8 Å². The van der Waals surface area contributed by atoms with Gasteiger partial charge in [0.1, 0.15) is 5.01 Å². The van der Waals surface area contributed by atoms with Gasteiger partial charge in [0.05, 0.1) is 10.9 Å². The third-order valence-corrected chi connectivity index (χ3v) is 3.93. The van der Waals surface area contributed by atoms with Crippen LogP contribution in [0.15, 0.2) is 23.0 Å². The number of anilines is 1. The van der Waals surface area contributed by atoms with Crippen LogP contribution < -0.4 is 10.7 Å². The predicted octanol–water partition coefficient (Wildman–Crippen LogP) is 1.65. The predicted molar refractivity (Wildman–Crippen MR) is 84.3 cm³/mol. The molecule has 7 nitrogen and oxygen atoms in total. The molecule has 8 heteroatoms. The average Bonchev–Trinajstić information content (AvgIpc) is 2.87. The molecule has 3 rings (SSSR count). The van der Waals surface area contributed by atoms with Crippen LogP contribution in [-0.4, -0.2) is 25.9 Å². The zero-order valence-corrected chi connectivity index (χ0v) is 13.1. The van der Waals surface area contributed by atoms with Gasteiger partial charge in [-0.1, -0.05) is 23.0 Å². The summed E-state index contributed by atoms with van der Waals surface area (Å²) in [6.45, 7) is 3.67. The van der Waals surface area contributed by atoms with E-state index < -0.39 is 11.3 Å². The highest BCUT2D eigenvalue weighted by atomic mass is 32.1. The first kappa shape index (κ1) is 14.3. The smallest absolute Gasteiger partial charge is 0.282 e. The fraction of sp³-hybridized carbons (Fsp3) is 0.214. The molecule has 1 N–H and O–H groups in total. The lowest BCUT2D eigenvalue weighted by Gasteiger charge is -2.07. The SMILES string of the molecule is Cc1ccc2c(c1)c(=O)c(C(=O)Nc1nnc(C)s1)nn2C. The highest BCUT2D eigenvalue weighted by Gasteiger charge is 2.18. The van der Waals surface area contributed by atoms with Crippen molar-refractivity contribution in [2.45, 2.75) is 13.8 Å². The van der Waals surface area contributed by atoms with Gasteiger partial charge in [0.2, 0.25) is 10.6 Å². The van der Waals surface area contributed by atoms with Crippen LogP contribution in [0, 0.1) is 13.8 Å². The zero-order valence-electron chi connectivity index (χ0n) is 12.2. The molecule has 1 aromatic carbocycles. The van der Waals surface area contributed by atoms with Crippen LogP contribution >= 0.6 is 11.3 Å². The standard InChI is InChI=1S/C14H13N5O2S/c1-7-4-5-10-9(6-7)12(20)11(18-19(10)3)13(21)15-14-17-16-8(2)22-14/h4-6H,1-3H3,(H,15,17,21). The highest BCUT2D eigenvalue weighted by Crippen LogP contribution is 2.15. The van der Waals surface area contributed by atoms with E-state index >= 15 is 0 Å². The summed E-state index contributed by atoms with van der Waals surface area (Å²) in [6, 6.07) is 5.47. The number of carbonyl (C=O) groups excluding carboxylic acids is 1. The summed E-state index contributed by atoms with van der Waals surface area (Å²) in [7, 11) is 1.70. The second-order valence-electron chi connectivity index (χ2n) is 4.90. The molecule has 0 fully saturated rings. The van der Waals surface area contributed by atoms with E-state index in [0.717, 1.165) is 10.6 Å². The molecule has 0 aliphatic carbocycles. The van der Waals surface area contributed by atoms with E-state index in [-0.39, 0.29) is 5.69 Å². The maximum Gasteiger partial charge on any atom is 0.282 e. The second-order valence-corrected chi connectivity index (χ2v) is 6.08. The van der Waals surface area contributed by atoms with Crippen LogP contribution in [0.25, 0.3) is 10.9 Å². The summed E-state index contributed by atoms with van der Waals surface area (Å²) >= 11 is 1.24. The Morgan fingerprint density at radius 1 is 1.27 bits per heavy atom. The van der Waals surface area contributed by atoms with Crippen molar-refractivity contribution in [3.05, 3.63) is 44.7 Å². The van der Waals surface area contributed by atoms with E-state index in [2.05, 4.69) is 20.6 Å². The first-order valence-corrected chi connectivity index (χ1v) is 7.36. The molecule has 0 aliphatic rings. The summed E-state index contributed by atoms with van der Waals surface area (Å²) in [6.07, 6.45) is 0. The molecule has 0 unspecified atom stereocenters. The normalized spacial score (nSPS) is 10.9. The van der Waals surface area contributed by atoms with Gasteiger partial charge in [-0.2, -0.15) is 5.10 Å². The fourth-order valence-corrected chi connectivity index (χ4v) is 2.73. The molecule has 0 bridgehead atoms. The third-order valence-electron chi connectivity index (χ3n) is 3.17. The number of amides is 1. The Kier molecular flexibility index (Phi) is 3.45. The van der Waals surface area contributed by atoms with Crippen LogP contribution in [-0.2, 0) is 7.05 Å². The van der Waals surface area contributed by atoms with E-state index in [9.17, 15) is 9.59 Å². The van der Waals surface area contributed by atoms with E-state index in [0.29, 0.717) is 16.0 Å². The molecule has 22 heavy (non-hydrogen) atoms. The molecule has 3 aromatic rings. The molecule has 0 aliphatic heterocycles. The van der Waals surface area contributed by atoms with Crippen LogP contribution in [0.3, 0.4) is 0 Å². The Labute approximate surface area is 129 Å². The number of benzene rings is 1. The Morgan fingerprint density at radius 2 is 2.05 bits per heavy atom. The molecule has 1 amide bonds. The van der Waals surface area contributed by atoms with Crippen molar-refractivity contribution in [3.8, 4) is 0 Å². The Morgan fingerprint density at radius 3 is 2.73 bits per heavy atom. The van der Waals surface area contributed by atoms with Gasteiger partial charge < -0.3 is 0 Å². The van der Waals surface area contributed by atoms with Gasteiger partial charge in [0.15, 0.2) is 5.69 Å². The van der Waals surface area contributed by atoms with Crippen molar-refractivity contribution in [1.29, 1.82) is 0 Å². The number of hydrogen-bond donors (Lipinski definition) is 1. The van der Waals surface area contributed by atoms with Crippen molar-refractivity contribution in [3.63, 3.8) is 0 Å². The molecule has 0 saturated heterocycles. The van der Waals surface area contributed by atoms with Gasteiger partial charge in [0.25, 0.3) is 5.91 Å². The second kappa shape index (κ2) is 5.30. The van der Waals surface area contributed by atoms with Crippen molar-refractivity contribution in [2.75, 3.05) is 5.32 Å². The van der Waals surface area contributed by atoms with E-state index in [4.69, 9.17) is 0 Å². The molecule has 0 radical (unpaired) electrons. The quantitative estimate of drug-likeness (QED) is 0.776. The number of nitrogens with one attached hydrogen (secondary N) is 1. The van der Waals surface area contributed by atoms with Crippen LogP contribution in [0.5, 0.6) is 0 Å². The lowest BCUT2D eigenvalue weighted by Crippen LogP contribution is -2.26. The van der Waals surface area contributed by atoms with Gasteiger partial charge in [-0.15, -0.1) is 10.2 Å². The Hall–Kier alpha value is -2.61. The summed E-state index contributed by atoms with van der Waals surface area (Å²) in [5.41, 5.74) is 1.07. The third kappa shape index (κ3) is 2.48. The van der Waals surface area contributed by atoms with Crippen molar-refractivity contribution < 1.29 is 4.79 Å². The van der Waals surface area contributed by atoms with Crippen LogP contribution in [0.1, 0.15) is 21.1 Å². The molecule has 2 aromatic heterocycles. The number of rotatable bonds is 2. The van der Waals surface area contributed by atoms with Gasteiger partial charge in [-0.05, 0) is 26.0 Å². The fourth-order valence-electron chi connectivity index (χ4n) is 2.14. The van der Waals surface area contributed by atoms with Gasteiger partial charge in [-0.25, -0.2) is 0 Å². The van der Waals surface area contributed by atoms with Crippen molar-refractivity contribution >= 4 is 33.3 Å². The number of carbonyl (C=O) groups is 1. The van der Waals surface area contributed by atoms with Gasteiger partial charge in [0, 0.05) is 7.05 Å². The van der Waals surface area contributed by atoms with Crippen LogP contribution in [0.4, 0.5) is 5.13 Å². The summed E-state index contributed by atoms with van der Waals surface area (Å²) in [5, 5.41) is 15.8. The van der Waals surface area contributed by atoms with Gasteiger partial charge >= 0.3 is 0 Å². The Balaban J connectivity index is 2.09. The number of nitrogens with zero attached hydrogens (tertiary/aromatic N) is 4. The van der Waals surface area contributed by atoms with Crippen molar-refractivity contribution in [2.24, 2.45) is 7.05 Å². The van der Waals surface area contributed by atoms with E-state index in [1.807, 2.05) is 19.1 Å². The molecule has 0 atom stereocenters. The average molecular weight is 315 g/mol. The molecule has 2 heterocycles. The summed E-state index contributed by atoms with van der Waals surface area (Å²) in [4.78, 5) is 24.8. The maximum atomic E-state index is 12.5. The summed E-state index contributed by atoms with van der Waals surface area (Å²) < 4.78 is 1.52. The molecular formula is C14H13N5O2S. The molecule has 112 valence electrons. The molecule has 0 saturated carbocycles. The summed E-state index contributed by atoms with van der Waals surface area (Å²) in [5.74, 6) is -0.583. The Bertz CT molecular complexity index is 944. The molecule has 0 spiro atoms. The van der Waals surface area contributed by atoms with E-state index in [1.165, 1.54) is 16.0 Å². The zero-order chi connectivity index (χ0) is 15.9. The first-order chi connectivity index (χ1) is 10.5. The van der Waals surface area contributed by atoms with Gasteiger partial charge in [-0.3, -0.25) is 19.6 Å². The number of aromatic nitrogens is 4. The first-order valence-electron chi connectivity index (χ1n) is 6.55. The van der Waals surface area contributed by atoms with Crippen LogP contribution in [0.2, 0.25) is 0 Å². The van der Waals surface area contributed by atoms with Crippen molar-refractivity contribution in [1.82, 2.24) is 20.0 Å². The monoisotopic (exact) mass is 315 g/mol.